The summed E-state index contributed by atoms with van der Waals surface area (Å²) in [5.41, 5.74) is 2.48. The molecule has 0 spiro atoms. The van der Waals surface area contributed by atoms with Gasteiger partial charge in [0, 0.05) is 5.02 Å². The third kappa shape index (κ3) is 3.96. The first-order valence-corrected chi connectivity index (χ1v) is 5.49. The van der Waals surface area contributed by atoms with Crippen molar-refractivity contribution >= 4 is 23.2 Å². The maximum absolute atomic E-state index is 13.0. The lowest BCUT2D eigenvalue weighted by Crippen LogP contribution is -2.46. The summed E-state index contributed by atoms with van der Waals surface area (Å²) in [4.78, 5) is 0. The van der Waals surface area contributed by atoms with Crippen molar-refractivity contribution < 1.29 is 13.5 Å². The molecule has 0 heterocycles. The highest BCUT2D eigenvalue weighted by molar-refractivity contribution is 6.30. The molecular formula is C10H12Cl2F2N2O. The molecule has 7 heteroatoms. The molecule has 0 aromatic heterocycles. The van der Waals surface area contributed by atoms with E-state index < -0.39 is 11.4 Å². The van der Waals surface area contributed by atoms with Gasteiger partial charge in [0.05, 0.1) is 7.11 Å². The average molecular weight is 285 g/mol. The van der Waals surface area contributed by atoms with Gasteiger partial charge in [-0.1, -0.05) is 11.6 Å². The van der Waals surface area contributed by atoms with Crippen LogP contribution in [0.4, 0.5) is 8.78 Å². The van der Waals surface area contributed by atoms with Gasteiger partial charge in [0.25, 0.3) is 0 Å². The number of hydrogen-bond acceptors (Lipinski definition) is 3. The number of halogens is 4. The molecule has 0 saturated heterocycles. The maximum atomic E-state index is 13.0. The zero-order valence-corrected chi connectivity index (χ0v) is 10.5. The van der Waals surface area contributed by atoms with Gasteiger partial charge in [-0.25, -0.2) is 5.43 Å². The number of nitrogens with one attached hydrogen (secondary N) is 1. The topological polar surface area (TPSA) is 47.3 Å². The monoisotopic (exact) mass is 284 g/mol. The molecule has 0 aliphatic rings. The zero-order valence-electron chi connectivity index (χ0n) is 9.01. The molecule has 1 rings (SSSR count). The third-order valence-corrected chi connectivity index (χ3v) is 2.76. The van der Waals surface area contributed by atoms with Gasteiger partial charge in [0.1, 0.15) is 11.8 Å². The molecule has 1 aromatic rings. The standard InChI is InChI=1S/C10H12Cl2F2N2O/c1-17-8-3-2-7(11)4-6(8)5-9(16-15)10(12,13)14/h2-4,9,16H,5,15H2,1H3. The summed E-state index contributed by atoms with van der Waals surface area (Å²) in [5, 5.41) is -3.03. The van der Waals surface area contributed by atoms with E-state index in [1.54, 1.807) is 12.1 Å². The summed E-state index contributed by atoms with van der Waals surface area (Å²) in [6.07, 6.45) is -0.100. The molecule has 96 valence electrons. The Labute approximate surface area is 108 Å². The van der Waals surface area contributed by atoms with Gasteiger partial charge < -0.3 is 4.74 Å². The first-order chi connectivity index (χ1) is 7.88. The fraction of sp³-hybridized carbons (Fsp3) is 0.400. The van der Waals surface area contributed by atoms with Gasteiger partial charge in [-0.3, -0.25) is 5.84 Å². The van der Waals surface area contributed by atoms with Gasteiger partial charge in [0.15, 0.2) is 0 Å². The van der Waals surface area contributed by atoms with Gasteiger partial charge >= 0.3 is 5.38 Å². The predicted molar refractivity (Wildman–Crippen MR) is 63.6 cm³/mol. The number of nitrogens with two attached hydrogens (primary N) is 1. The molecule has 1 aromatic carbocycles. The van der Waals surface area contributed by atoms with Gasteiger partial charge in [-0.05, 0) is 41.8 Å². The molecule has 0 saturated carbocycles. The van der Waals surface area contributed by atoms with Crippen molar-refractivity contribution in [2.24, 2.45) is 5.84 Å². The van der Waals surface area contributed by atoms with E-state index in [1.807, 2.05) is 5.43 Å². The normalized spacial score (nSPS) is 13.5. The summed E-state index contributed by atoms with van der Waals surface area (Å²) < 4.78 is 31.0. The fourth-order valence-electron chi connectivity index (χ4n) is 1.40. The molecule has 0 radical (unpaired) electrons. The van der Waals surface area contributed by atoms with Gasteiger partial charge in [0.2, 0.25) is 0 Å². The number of ether oxygens (including phenoxy) is 1. The van der Waals surface area contributed by atoms with Crippen LogP contribution in [0.15, 0.2) is 18.2 Å². The SMILES string of the molecule is COc1ccc(Cl)cc1CC(NN)C(F)(F)Cl. The van der Waals surface area contributed by atoms with Crippen LogP contribution in [0, 0.1) is 0 Å². The van der Waals surface area contributed by atoms with E-state index in [4.69, 9.17) is 33.8 Å². The van der Waals surface area contributed by atoms with Crippen molar-refractivity contribution in [3.05, 3.63) is 28.8 Å². The van der Waals surface area contributed by atoms with E-state index in [2.05, 4.69) is 0 Å². The Morgan fingerprint density at radius 3 is 2.65 bits per heavy atom. The van der Waals surface area contributed by atoms with Crippen LogP contribution >= 0.6 is 23.2 Å². The molecule has 0 fully saturated rings. The number of hydrazine groups is 1. The second-order valence-electron chi connectivity index (χ2n) is 3.42. The lowest BCUT2D eigenvalue weighted by molar-refractivity contribution is 0.0501. The molecule has 0 aliphatic heterocycles. The van der Waals surface area contributed by atoms with Crippen molar-refractivity contribution in [3.63, 3.8) is 0 Å². The van der Waals surface area contributed by atoms with Crippen molar-refractivity contribution in [1.29, 1.82) is 0 Å². The van der Waals surface area contributed by atoms with E-state index in [9.17, 15) is 8.78 Å². The second kappa shape index (κ2) is 5.82. The van der Waals surface area contributed by atoms with E-state index in [1.165, 1.54) is 13.2 Å². The summed E-state index contributed by atoms with van der Waals surface area (Å²) in [5.74, 6) is 5.50. The van der Waals surface area contributed by atoms with Crippen molar-refractivity contribution in [1.82, 2.24) is 5.43 Å². The number of methoxy groups -OCH3 is 1. The Hall–Kier alpha value is -0.620. The minimum Gasteiger partial charge on any atom is -0.496 e. The van der Waals surface area contributed by atoms with Crippen LogP contribution in [0.25, 0.3) is 0 Å². The Morgan fingerprint density at radius 1 is 1.53 bits per heavy atom. The minimum absolute atomic E-state index is 0.100. The lowest BCUT2D eigenvalue weighted by atomic mass is 10.1. The summed E-state index contributed by atoms with van der Waals surface area (Å²) in [7, 11) is 1.44. The van der Waals surface area contributed by atoms with E-state index in [-0.39, 0.29) is 6.42 Å². The predicted octanol–water partition coefficient (Wildman–Crippen LogP) is 2.55. The van der Waals surface area contributed by atoms with Gasteiger partial charge in [-0.2, -0.15) is 8.78 Å². The number of rotatable bonds is 5. The molecule has 1 unspecified atom stereocenters. The lowest BCUT2D eigenvalue weighted by Gasteiger charge is -2.21. The van der Waals surface area contributed by atoms with E-state index >= 15 is 0 Å². The Bertz CT molecular complexity index is 385. The highest BCUT2D eigenvalue weighted by atomic mass is 35.5. The highest BCUT2D eigenvalue weighted by Crippen LogP contribution is 2.30. The quantitative estimate of drug-likeness (QED) is 0.496. The second-order valence-corrected chi connectivity index (χ2v) is 4.36. The van der Waals surface area contributed by atoms with Gasteiger partial charge in [-0.15, -0.1) is 0 Å². The molecular weight excluding hydrogens is 273 g/mol. The van der Waals surface area contributed by atoms with Crippen LogP contribution in [0.3, 0.4) is 0 Å². The summed E-state index contributed by atoms with van der Waals surface area (Å²) in [6.45, 7) is 0. The molecule has 3 nitrogen and oxygen atoms in total. The highest BCUT2D eigenvalue weighted by Gasteiger charge is 2.36. The molecule has 0 amide bonds. The Morgan fingerprint density at radius 2 is 2.18 bits per heavy atom. The minimum atomic E-state index is -3.46. The summed E-state index contributed by atoms with van der Waals surface area (Å²) >= 11 is 10.7. The Kier molecular flexibility index (Phi) is 4.94. The molecule has 17 heavy (non-hydrogen) atoms. The van der Waals surface area contributed by atoms with Crippen LogP contribution in [-0.4, -0.2) is 18.5 Å². The number of hydrogen-bond donors (Lipinski definition) is 2. The summed E-state index contributed by atoms with van der Waals surface area (Å²) in [6, 6.07) is 3.33. The van der Waals surface area contributed by atoms with Crippen molar-refractivity contribution in [3.8, 4) is 5.75 Å². The van der Waals surface area contributed by atoms with Crippen LogP contribution in [0.5, 0.6) is 5.75 Å². The Balaban J connectivity index is 2.96. The first-order valence-electron chi connectivity index (χ1n) is 4.73. The third-order valence-electron chi connectivity index (χ3n) is 2.26. The van der Waals surface area contributed by atoms with Crippen LogP contribution in [0.2, 0.25) is 5.02 Å². The van der Waals surface area contributed by atoms with Crippen LogP contribution < -0.4 is 16.0 Å². The van der Waals surface area contributed by atoms with E-state index in [0.29, 0.717) is 16.3 Å². The number of alkyl halides is 3. The average Bonchev–Trinajstić information content (AvgIpc) is 2.24. The fourth-order valence-corrected chi connectivity index (χ4v) is 1.73. The smallest absolute Gasteiger partial charge is 0.338 e. The largest absolute Gasteiger partial charge is 0.496 e. The molecule has 3 N–H and O–H groups in total. The number of benzene rings is 1. The first kappa shape index (κ1) is 14.4. The zero-order chi connectivity index (χ0) is 13.1. The maximum Gasteiger partial charge on any atom is 0.338 e. The van der Waals surface area contributed by atoms with Crippen LogP contribution in [-0.2, 0) is 6.42 Å². The molecule has 0 aliphatic carbocycles. The van der Waals surface area contributed by atoms with Crippen molar-refractivity contribution in [2.75, 3.05) is 7.11 Å². The molecule has 1 atom stereocenters. The van der Waals surface area contributed by atoms with Crippen LogP contribution in [0.1, 0.15) is 5.56 Å². The molecule has 0 bridgehead atoms. The van der Waals surface area contributed by atoms with Crippen molar-refractivity contribution in [2.45, 2.75) is 17.8 Å². The van der Waals surface area contributed by atoms with E-state index in [0.717, 1.165) is 0 Å².